The van der Waals surface area contributed by atoms with Gasteiger partial charge in [-0.3, -0.25) is 9.59 Å². The third kappa shape index (κ3) is 3.71. The minimum atomic E-state index is -0.571. The maximum Gasteiger partial charge on any atom is 0.247 e. The monoisotopic (exact) mass is 335 g/mol. The molecule has 0 saturated heterocycles. The molecule has 0 fully saturated rings. The molecule has 0 spiro atoms. The second kappa shape index (κ2) is 7.21. The SMILES string of the molecule is C=CCN1c2ccccc2NC(=O)[C@H]1CC(=O)Nc1ccc(C)cc1. The van der Waals surface area contributed by atoms with Gasteiger partial charge >= 0.3 is 0 Å². The summed E-state index contributed by atoms with van der Waals surface area (Å²) in [6.45, 7) is 6.25. The molecule has 25 heavy (non-hydrogen) atoms. The van der Waals surface area contributed by atoms with Crippen LogP contribution in [0.2, 0.25) is 0 Å². The summed E-state index contributed by atoms with van der Waals surface area (Å²) in [6.07, 6.45) is 1.81. The maximum atomic E-state index is 12.5. The van der Waals surface area contributed by atoms with Crippen LogP contribution in [0.4, 0.5) is 17.1 Å². The molecule has 1 heterocycles. The highest BCUT2D eigenvalue weighted by atomic mass is 16.2. The van der Waals surface area contributed by atoms with Gasteiger partial charge in [0.2, 0.25) is 11.8 Å². The van der Waals surface area contributed by atoms with Crippen LogP contribution in [0.15, 0.2) is 61.2 Å². The molecular formula is C20H21N3O2. The molecule has 0 aliphatic carbocycles. The van der Waals surface area contributed by atoms with E-state index in [0.717, 1.165) is 22.6 Å². The Morgan fingerprint density at radius 3 is 2.68 bits per heavy atom. The lowest BCUT2D eigenvalue weighted by Gasteiger charge is -2.37. The first-order valence-electron chi connectivity index (χ1n) is 8.22. The Labute approximate surface area is 147 Å². The van der Waals surface area contributed by atoms with Gasteiger partial charge in [-0.05, 0) is 31.2 Å². The summed E-state index contributed by atoms with van der Waals surface area (Å²) in [6, 6.07) is 14.6. The van der Waals surface area contributed by atoms with Crippen LogP contribution < -0.4 is 15.5 Å². The number of nitrogens with zero attached hydrogens (tertiary/aromatic N) is 1. The predicted molar refractivity (Wildman–Crippen MR) is 101 cm³/mol. The third-order valence-electron chi connectivity index (χ3n) is 4.19. The summed E-state index contributed by atoms with van der Waals surface area (Å²) in [4.78, 5) is 26.8. The van der Waals surface area contributed by atoms with Crippen molar-refractivity contribution in [3.8, 4) is 0 Å². The van der Waals surface area contributed by atoms with Crippen molar-refractivity contribution in [1.29, 1.82) is 0 Å². The fourth-order valence-corrected chi connectivity index (χ4v) is 2.95. The van der Waals surface area contributed by atoms with Crippen LogP contribution >= 0.6 is 0 Å². The molecule has 0 radical (unpaired) electrons. The largest absolute Gasteiger partial charge is 0.354 e. The van der Waals surface area contributed by atoms with E-state index in [0.29, 0.717) is 6.54 Å². The predicted octanol–water partition coefficient (Wildman–Crippen LogP) is 3.34. The van der Waals surface area contributed by atoms with Gasteiger partial charge in [0.05, 0.1) is 17.8 Å². The summed E-state index contributed by atoms with van der Waals surface area (Å²) in [5.41, 5.74) is 3.50. The highest BCUT2D eigenvalue weighted by Crippen LogP contribution is 2.32. The number of hydrogen-bond acceptors (Lipinski definition) is 3. The molecule has 2 amide bonds. The molecule has 1 aliphatic rings. The molecule has 2 aromatic rings. The molecule has 0 unspecified atom stereocenters. The highest BCUT2D eigenvalue weighted by Gasteiger charge is 2.33. The minimum Gasteiger partial charge on any atom is -0.354 e. The van der Waals surface area contributed by atoms with Gasteiger partial charge in [-0.15, -0.1) is 6.58 Å². The number of anilines is 3. The Morgan fingerprint density at radius 1 is 1.24 bits per heavy atom. The number of rotatable bonds is 5. The number of nitrogens with one attached hydrogen (secondary N) is 2. The van der Waals surface area contributed by atoms with Gasteiger partial charge in [0.25, 0.3) is 0 Å². The van der Waals surface area contributed by atoms with Gasteiger partial charge < -0.3 is 15.5 Å². The molecule has 3 rings (SSSR count). The average molecular weight is 335 g/mol. The van der Waals surface area contributed by atoms with E-state index in [9.17, 15) is 9.59 Å². The lowest BCUT2D eigenvalue weighted by atomic mass is 10.0. The van der Waals surface area contributed by atoms with Crippen LogP contribution in [0.5, 0.6) is 0 Å². The van der Waals surface area contributed by atoms with Gasteiger partial charge in [0, 0.05) is 12.2 Å². The number of amides is 2. The number of benzene rings is 2. The molecule has 5 heteroatoms. The highest BCUT2D eigenvalue weighted by molar-refractivity contribution is 6.06. The second-order valence-electron chi connectivity index (χ2n) is 6.08. The van der Waals surface area contributed by atoms with E-state index >= 15 is 0 Å². The Morgan fingerprint density at radius 2 is 1.96 bits per heavy atom. The van der Waals surface area contributed by atoms with Gasteiger partial charge in [-0.1, -0.05) is 35.9 Å². The lowest BCUT2D eigenvalue weighted by Crippen LogP contribution is -2.49. The lowest BCUT2D eigenvalue weighted by molar-refractivity contribution is -0.122. The first kappa shape index (κ1) is 16.8. The van der Waals surface area contributed by atoms with Crippen LogP contribution in [-0.4, -0.2) is 24.4 Å². The molecule has 1 atom stereocenters. The fraction of sp³-hybridized carbons (Fsp3) is 0.200. The number of fused-ring (bicyclic) bond motifs is 1. The Balaban J connectivity index is 1.77. The minimum absolute atomic E-state index is 0.0713. The number of para-hydroxylation sites is 2. The molecule has 0 saturated carbocycles. The van der Waals surface area contributed by atoms with E-state index < -0.39 is 6.04 Å². The molecule has 0 bridgehead atoms. The van der Waals surface area contributed by atoms with E-state index in [-0.39, 0.29) is 18.2 Å². The van der Waals surface area contributed by atoms with Crippen LogP contribution in [0.3, 0.4) is 0 Å². The van der Waals surface area contributed by atoms with Crippen molar-refractivity contribution in [2.45, 2.75) is 19.4 Å². The van der Waals surface area contributed by atoms with E-state index in [4.69, 9.17) is 0 Å². The molecule has 5 nitrogen and oxygen atoms in total. The van der Waals surface area contributed by atoms with Crippen LogP contribution in [0, 0.1) is 6.92 Å². The van der Waals surface area contributed by atoms with Crippen molar-refractivity contribution < 1.29 is 9.59 Å². The molecule has 2 aromatic carbocycles. The maximum absolute atomic E-state index is 12.5. The number of hydrogen-bond donors (Lipinski definition) is 2. The third-order valence-corrected chi connectivity index (χ3v) is 4.19. The number of carbonyl (C=O) groups is 2. The van der Waals surface area contributed by atoms with Crippen LogP contribution in [0.1, 0.15) is 12.0 Å². The first-order valence-corrected chi connectivity index (χ1v) is 8.22. The fourth-order valence-electron chi connectivity index (χ4n) is 2.95. The quantitative estimate of drug-likeness (QED) is 0.824. The summed E-state index contributed by atoms with van der Waals surface area (Å²) >= 11 is 0. The molecular weight excluding hydrogens is 314 g/mol. The Kier molecular flexibility index (Phi) is 4.84. The Hall–Kier alpha value is -3.08. The van der Waals surface area contributed by atoms with Gasteiger partial charge in [0.1, 0.15) is 6.04 Å². The smallest absolute Gasteiger partial charge is 0.247 e. The number of carbonyl (C=O) groups excluding carboxylic acids is 2. The average Bonchev–Trinajstić information content (AvgIpc) is 2.60. The second-order valence-corrected chi connectivity index (χ2v) is 6.08. The zero-order valence-corrected chi connectivity index (χ0v) is 14.2. The zero-order chi connectivity index (χ0) is 17.8. The number of aryl methyl sites for hydroxylation is 1. The van der Waals surface area contributed by atoms with E-state index in [1.54, 1.807) is 6.08 Å². The molecule has 0 aromatic heterocycles. The summed E-state index contributed by atoms with van der Waals surface area (Å²) in [7, 11) is 0. The van der Waals surface area contributed by atoms with Gasteiger partial charge in [0.15, 0.2) is 0 Å². The van der Waals surface area contributed by atoms with Crippen molar-refractivity contribution in [3.05, 3.63) is 66.7 Å². The van der Waals surface area contributed by atoms with Crippen LogP contribution in [-0.2, 0) is 9.59 Å². The summed E-state index contributed by atoms with van der Waals surface area (Å²) in [5, 5.41) is 5.73. The molecule has 128 valence electrons. The summed E-state index contributed by atoms with van der Waals surface area (Å²) in [5.74, 6) is -0.378. The van der Waals surface area contributed by atoms with Crippen LogP contribution in [0.25, 0.3) is 0 Å². The van der Waals surface area contributed by atoms with E-state index in [2.05, 4.69) is 17.2 Å². The van der Waals surface area contributed by atoms with E-state index in [1.807, 2.05) is 60.4 Å². The molecule has 2 N–H and O–H groups in total. The van der Waals surface area contributed by atoms with Gasteiger partial charge in [-0.2, -0.15) is 0 Å². The van der Waals surface area contributed by atoms with Crippen molar-refractivity contribution >= 4 is 28.9 Å². The standard InChI is InChI=1S/C20H21N3O2/c1-3-12-23-17-7-5-4-6-16(17)22-20(25)18(23)13-19(24)21-15-10-8-14(2)9-11-15/h3-11,18H,1,12-13H2,2H3,(H,21,24)(H,22,25)/t18-/m1/s1. The normalized spacial score (nSPS) is 16.0. The van der Waals surface area contributed by atoms with Crippen molar-refractivity contribution in [1.82, 2.24) is 0 Å². The Bertz CT molecular complexity index is 799. The topological polar surface area (TPSA) is 61.4 Å². The van der Waals surface area contributed by atoms with Crippen molar-refractivity contribution in [2.24, 2.45) is 0 Å². The molecule has 1 aliphatic heterocycles. The zero-order valence-electron chi connectivity index (χ0n) is 14.2. The summed E-state index contributed by atoms with van der Waals surface area (Å²) < 4.78 is 0. The first-order chi connectivity index (χ1) is 12.1. The van der Waals surface area contributed by atoms with Crippen molar-refractivity contribution in [3.63, 3.8) is 0 Å². The van der Waals surface area contributed by atoms with Crippen molar-refractivity contribution in [2.75, 3.05) is 22.1 Å². The van der Waals surface area contributed by atoms with Gasteiger partial charge in [-0.25, -0.2) is 0 Å². The van der Waals surface area contributed by atoms with E-state index in [1.165, 1.54) is 0 Å².